The van der Waals surface area contributed by atoms with E-state index in [4.69, 9.17) is 4.74 Å². The highest BCUT2D eigenvalue weighted by atomic mass is 16.5. The minimum absolute atomic E-state index is 0.300. The van der Waals surface area contributed by atoms with E-state index in [0.29, 0.717) is 6.10 Å². The minimum Gasteiger partial charge on any atom is -0.374 e. The van der Waals surface area contributed by atoms with Crippen LogP contribution in [0.4, 0.5) is 0 Å². The van der Waals surface area contributed by atoms with Gasteiger partial charge in [-0.15, -0.1) is 0 Å². The lowest BCUT2D eigenvalue weighted by Crippen LogP contribution is -2.45. The number of morpholine rings is 1. The van der Waals surface area contributed by atoms with Crippen molar-refractivity contribution >= 4 is 0 Å². The van der Waals surface area contributed by atoms with E-state index in [9.17, 15) is 0 Å². The van der Waals surface area contributed by atoms with Crippen LogP contribution in [0.15, 0.2) is 12.4 Å². The molecule has 106 valence electrons. The molecule has 1 aliphatic carbocycles. The van der Waals surface area contributed by atoms with Gasteiger partial charge in [-0.2, -0.15) is 5.10 Å². The SMILES string of the molecule is Cc1cnn(C[C@@H]2CN(CC3CCCC3)CCO2)c1. The van der Waals surface area contributed by atoms with Crippen LogP contribution < -0.4 is 0 Å². The second kappa shape index (κ2) is 6.06. The standard InChI is InChI=1S/C15H25N3O/c1-13-8-16-18(9-13)12-15-11-17(6-7-19-15)10-14-4-2-3-5-14/h8-9,14-15H,2-7,10-12H2,1H3/t15-/m0/s1. The van der Waals surface area contributed by atoms with Gasteiger partial charge in [0, 0.05) is 25.8 Å². The van der Waals surface area contributed by atoms with E-state index in [2.05, 4.69) is 23.1 Å². The number of aryl methyl sites for hydroxylation is 1. The molecule has 1 saturated heterocycles. The summed E-state index contributed by atoms with van der Waals surface area (Å²) in [6, 6.07) is 0. The van der Waals surface area contributed by atoms with E-state index in [0.717, 1.165) is 32.2 Å². The summed E-state index contributed by atoms with van der Waals surface area (Å²) in [5, 5.41) is 4.36. The van der Waals surface area contributed by atoms with Gasteiger partial charge >= 0.3 is 0 Å². The lowest BCUT2D eigenvalue weighted by Gasteiger charge is -2.34. The highest BCUT2D eigenvalue weighted by molar-refractivity contribution is 4.99. The molecule has 1 aliphatic heterocycles. The van der Waals surface area contributed by atoms with E-state index in [1.54, 1.807) is 0 Å². The van der Waals surface area contributed by atoms with Crippen LogP contribution >= 0.6 is 0 Å². The van der Waals surface area contributed by atoms with Crippen molar-refractivity contribution in [2.24, 2.45) is 5.92 Å². The maximum Gasteiger partial charge on any atom is 0.0898 e. The Morgan fingerprint density at radius 3 is 2.89 bits per heavy atom. The summed E-state index contributed by atoms with van der Waals surface area (Å²) < 4.78 is 7.90. The molecular formula is C15H25N3O. The van der Waals surface area contributed by atoms with Crippen molar-refractivity contribution in [1.29, 1.82) is 0 Å². The molecule has 0 N–H and O–H groups in total. The summed E-state index contributed by atoms with van der Waals surface area (Å²) in [7, 11) is 0. The maximum absolute atomic E-state index is 5.88. The molecule has 3 rings (SSSR count). The Morgan fingerprint density at radius 2 is 2.16 bits per heavy atom. The number of hydrogen-bond donors (Lipinski definition) is 0. The van der Waals surface area contributed by atoms with Crippen molar-refractivity contribution in [2.75, 3.05) is 26.2 Å². The van der Waals surface area contributed by atoms with Crippen LogP contribution in [0.3, 0.4) is 0 Å². The fraction of sp³-hybridized carbons (Fsp3) is 0.800. The van der Waals surface area contributed by atoms with Crippen LogP contribution in [0.5, 0.6) is 0 Å². The molecule has 0 aromatic carbocycles. The van der Waals surface area contributed by atoms with Gasteiger partial charge in [0.2, 0.25) is 0 Å². The van der Waals surface area contributed by atoms with Crippen molar-refractivity contribution in [2.45, 2.75) is 45.3 Å². The van der Waals surface area contributed by atoms with Gasteiger partial charge in [-0.05, 0) is 31.2 Å². The van der Waals surface area contributed by atoms with Crippen molar-refractivity contribution in [1.82, 2.24) is 14.7 Å². The molecule has 0 radical (unpaired) electrons. The van der Waals surface area contributed by atoms with Gasteiger partial charge in [-0.1, -0.05) is 12.8 Å². The largest absolute Gasteiger partial charge is 0.374 e. The molecule has 4 heteroatoms. The molecule has 0 amide bonds. The lowest BCUT2D eigenvalue weighted by molar-refractivity contribution is -0.0414. The summed E-state index contributed by atoms with van der Waals surface area (Å²) in [5.41, 5.74) is 1.22. The Bertz CT molecular complexity index is 398. The predicted octanol–water partition coefficient (Wildman–Crippen LogP) is 2.08. The Labute approximate surface area is 115 Å². The monoisotopic (exact) mass is 263 g/mol. The van der Waals surface area contributed by atoms with Crippen molar-refractivity contribution in [3.8, 4) is 0 Å². The van der Waals surface area contributed by atoms with E-state index in [1.807, 2.05) is 10.9 Å². The van der Waals surface area contributed by atoms with Crippen molar-refractivity contribution in [3.63, 3.8) is 0 Å². The normalized spacial score (nSPS) is 26.1. The first-order valence-electron chi connectivity index (χ1n) is 7.62. The highest BCUT2D eigenvalue weighted by Crippen LogP contribution is 2.26. The second-order valence-corrected chi connectivity index (χ2v) is 6.14. The van der Waals surface area contributed by atoms with Gasteiger partial charge < -0.3 is 4.74 Å². The molecule has 2 heterocycles. The van der Waals surface area contributed by atoms with E-state index in [-0.39, 0.29) is 0 Å². The fourth-order valence-electron chi connectivity index (χ4n) is 3.39. The van der Waals surface area contributed by atoms with E-state index < -0.39 is 0 Å². The van der Waals surface area contributed by atoms with Crippen LogP contribution in [0.1, 0.15) is 31.2 Å². The quantitative estimate of drug-likeness (QED) is 0.833. The summed E-state index contributed by atoms with van der Waals surface area (Å²) in [5.74, 6) is 0.936. The highest BCUT2D eigenvalue weighted by Gasteiger charge is 2.24. The van der Waals surface area contributed by atoms with E-state index >= 15 is 0 Å². The summed E-state index contributed by atoms with van der Waals surface area (Å²) in [6.45, 7) is 7.28. The molecular weight excluding hydrogens is 238 g/mol. The molecule has 2 aliphatic rings. The molecule has 0 spiro atoms. The molecule has 1 aromatic heterocycles. The van der Waals surface area contributed by atoms with Gasteiger partial charge in [-0.3, -0.25) is 9.58 Å². The summed E-state index contributed by atoms with van der Waals surface area (Å²) >= 11 is 0. The molecule has 2 fully saturated rings. The third-order valence-electron chi connectivity index (χ3n) is 4.37. The van der Waals surface area contributed by atoms with Crippen LogP contribution in [0, 0.1) is 12.8 Å². The van der Waals surface area contributed by atoms with Crippen LogP contribution in [-0.4, -0.2) is 47.0 Å². The van der Waals surface area contributed by atoms with Crippen LogP contribution in [0.2, 0.25) is 0 Å². The first-order valence-corrected chi connectivity index (χ1v) is 7.62. The zero-order valence-electron chi connectivity index (χ0n) is 11.9. The number of aromatic nitrogens is 2. The molecule has 0 unspecified atom stereocenters. The summed E-state index contributed by atoms with van der Waals surface area (Å²) in [4.78, 5) is 2.60. The Kier molecular flexibility index (Phi) is 4.18. The average Bonchev–Trinajstić information content (AvgIpc) is 3.02. The van der Waals surface area contributed by atoms with Gasteiger partial charge in [-0.25, -0.2) is 0 Å². The Hall–Kier alpha value is -0.870. The molecule has 0 bridgehead atoms. The number of hydrogen-bond acceptors (Lipinski definition) is 3. The topological polar surface area (TPSA) is 30.3 Å². The predicted molar refractivity (Wildman–Crippen MR) is 75.1 cm³/mol. The zero-order chi connectivity index (χ0) is 13.1. The third kappa shape index (κ3) is 3.57. The molecule has 4 nitrogen and oxygen atoms in total. The first kappa shape index (κ1) is 13.1. The fourth-order valence-corrected chi connectivity index (χ4v) is 3.39. The molecule has 19 heavy (non-hydrogen) atoms. The molecule has 1 saturated carbocycles. The molecule has 1 aromatic rings. The van der Waals surface area contributed by atoms with Crippen LogP contribution in [-0.2, 0) is 11.3 Å². The lowest BCUT2D eigenvalue weighted by atomic mass is 10.1. The number of ether oxygens (including phenoxy) is 1. The zero-order valence-corrected chi connectivity index (χ0v) is 11.9. The molecule has 1 atom stereocenters. The first-order chi connectivity index (χ1) is 9.29. The van der Waals surface area contributed by atoms with Gasteiger partial charge in [0.25, 0.3) is 0 Å². The third-order valence-corrected chi connectivity index (χ3v) is 4.37. The number of nitrogens with zero attached hydrogens (tertiary/aromatic N) is 3. The maximum atomic E-state index is 5.88. The van der Waals surface area contributed by atoms with Crippen molar-refractivity contribution < 1.29 is 4.74 Å². The Morgan fingerprint density at radius 1 is 1.32 bits per heavy atom. The van der Waals surface area contributed by atoms with E-state index in [1.165, 1.54) is 37.8 Å². The van der Waals surface area contributed by atoms with Crippen LogP contribution in [0.25, 0.3) is 0 Å². The van der Waals surface area contributed by atoms with Crippen molar-refractivity contribution in [3.05, 3.63) is 18.0 Å². The minimum atomic E-state index is 0.300. The van der Waals surface area contributed by atoms with Gasteiger partial charge in [0.15, 0.2) is 0 Å². The van der Waals surface area contributed by atoms with Gasteiger partial charge in [0.05, 0.1) is 25.5 Å². The number of rotatable bonds is 4. The second-order valence-electron chi connectivity index (χ2n) is 6.14. The average molecular weight is 263 g/mol. The summed E-state index contributed by atoms with van der Waals surface area (Å²) in [6.07, 6.45) is 10.0. The van der Waals surface area contributed by atoms with Gasteiger partial charge in [0.1, 0.15) is 0 Å². The Balaban J connectivity index is 1.49. The smallest absolute Gasteiger partial charge is 0.0898 e.